The lowest BCUT2D eigenvalue weighted by atomic mass is 9.98. The minimum Gasteiger partial charge on any atom is -0.481 e. The number of nitrogens with one attached hydrogen (secondary N) is 1. The van der Waals surface area contributed by atoms with Crippen LogP contribution in [0.3, 0.4) is 0 Å². The van der Waals surface area contributed by atoms with Gasteiger partial charge in [-0.2, -0.15) is 5.06 Å². The first-order chi connectivity index (χ1) is 15.3. The van der Waals surface area contributed by atoms with E-state index in [9.17, 15) is 24.3 Å². The lowest BCUT2D eigenvalue weighted by Gasteiger charge is -2.54. The van der Waals surface area contributed by atoms with Crippen molar-refractivity contribution in [3.8, 4) is 0 Å². The Balaban J connectivity index is 1.73. The van der Waals surface area contributed by atoms with Crippen molar-refractivity contribution < 1.29 is 29.1 Å². The van der Waals surface area contributed by atoms with Crippen LogP contribution in [0, 0.1) is 0 Å². The third kappa shape index (κ3) is 3.78. The Hall–Kier alpha value is -3.18. The number of aliphatic carboxylic acids is 1. The molecule has 32 heavy (non-hydrogen) atoms. The SMILES string of the molecule is CCNC(=O)N1OCC(=O)N2[C@@H]1[C@H](C)N(Cc1csc3ccccc13)C(=O)[C@@H]2CC(=O)O. The molecule has 1 aromatic heterocycles. The molecule has 10 nitrogen and oxygen atoms in total. The predicted octanol–water partition coefficient (Wildman–Crippen LogP) is 1.61. The normalized spacial score (nSPS) is 23.4. The van der Waals surface area contributed by atoms with Crippen molar-refractivity contribution >= 4 is 45.2 Å². The Labute approximate surface area is 188 Å². The van der Waals surface area contributed by atoms with Crippen molar-refractivity contribution in [2.75, 3.05) is 13.2 Å². The number of hydrogen-bond donors (Lipinski definition) is 2. The minimum absolute atomic E-state index is 0.224. The summed E-state index contributed by atoms with van der Waals surface area (Å²) in [5.41, 5.74) is 0.918. The fraction of sp³-hybridized carbons (Fsp3) is 0.429. The number of amides is 4. The van der Waals surface area contributed by atoms with Gasteiger partial charge in [-0.3, -0.25) is 19.2 Å². The lowest BCUT2D eigenvalue weighted by molar-refractivity contribution is -0.246. The summed E-state index contributed by atoms with van der Waals surface area (Å²) < 4.78 is 1.07. The molecular weight excluding hydrogens is 436 g/mol. The fourth-order valence-electron chi connectivity index (χ4n) is 4.31. The average molecular weight is 461 g/mol. The topological polar surface area (TPSA) is 119 Å². The highest BCUT2D eigenvalue weighted by Gasteiger charge is 2.54. The smallest absolute Gasteiger partial charge is 0.343 e. The van der Waals surface area contributed by atoms with Crippen molar-refractivity contribution in [2.45, 2.75) is 45.1 Å². The molecule has 3 heterocycles. The van der Waals surface area contributed by atoms with Gasteiger partial charge in [0.15, 0.2) is 12.8 Å². The molecule has 0 saturated carbocycles. The second-order valence-corrected chi connectivity index (χ2v) is 8.64. The zero-order valence-electron chi connectivity index (χ0n) is 17.7. The lowest BCUT2D eigenvalue weighted by Crippen LogP contribution is -2.75. The highest BCUT2D eigenvalue weighted by Crippen LogP contribution is 2.34. The Morgan fingerprint density at radius 3 is 2.75 bits per heavy atom. The van der Waals surface area contributed by atoms with E-state index in [1.807, 2.05) is 29.6 Å². The fourth-order valence-corrected chi connectivity index (χ4v) is 5.27. The maximum atomic E-state index is 13.4. The summed E-state index contributed by atoms with van der Waals surface area (Å²) in [6.07, 6.45) is -1.51. The Bertz CT molecular complexity index is 1070. The average Bonchev–Trinajstić information content (AvgIpc) is 3.17. The van der Waals surface area contributed by atoms with Crippen LogP contribution >= 0.6 is 11.3 Å². The number of piperazine rings is 1. The number of urea groups is 1. The van der Waals surface area contributed by atoms with E-state index in [1.165, 1.54) is 9.80 Å². The first-order valence-corrected chi connectivity index (χ1v) is 11.2. The number of nitrogens with zero attached hydrogens (tertiary/aromatic N) is 3. The van der Waals surface area contributed by atoms with Crippen molar-refractivity contribution in [2.24, 2.45) is 0 Å². The number of hydroxylamine groups is 2. The third-order valence-corrected chi connectivity index (χ3v) is 6.78. The molecule has 11 heteroatoms. The van der Waals surface area contributed by atoms with E-state index < -0.39 is 55.1 Å². The van der Waals surface area contributed by atoms with Crippen LogP contribution in [0.25, 0.3) is 10.1 Å². The van der Waals surface area contributed by atoms with Crippen molar-refractivity contribution in [3.05, 3.63) is 35.2 Å². The molecular formula is C21H24N4O6S. The summed E-state index contributed by atoms with van der Waals surface area (Å²) in [6, 6.07) is 5.41. The van der Waals surface area contributed by atoms with Gasteiger partial charge >= 0.3 is 12.0 Å². The van der Waals surface area contributed by atoms with Gasteiger partial charge in [0, 0.05) is 17.8 Å². The summed E-state index contributed by atoms with van der Waals surface area (Å²) >= 11 is 1.56. The summed E-state index contributed by atoms with van der Waals surface area (Å²) in [5, 5.41) is 16.1. The van der Waals surface area contributed by atoms with E-state index in [0.29, 0.717) is 6.54 Å². The number of carboxylic acids is 1. The summed E-state index contributed by atoms with van der Waals surface area (Å²) in [4.78, 5) is 58.5. The number of carbonyl (C=O) groups excluding carboxylic acids is 3. The molecule has 4 amide bonds. The van der Waals surface area contributed by atoms with E-state index in [2.05, 4.69) is 5.32 Å². The summed E-state index contributed by atoms with van der Waals surface area (Å²) in [5.74, 6) is -2.19. The van der Waals surface area contributed by atoms with Crippen LogP contribution in [0.2, 0.25) is 0 Å². The van der Waals surface area contributed by atoms with Gasteiger partial charge in [-0.25, -0.2) is 4.79 Å². The maximum Gasteiger partial charge on any atom is 0.343 e. The summed E-state index contributed by atoms with van der Waals surface area (Å²) in [7, 11) is 0. The van der Waals surface area contributed by atoms with E-state index in [0.717, 1.165) is 20.7 Å². The molecule has 0 aliphatic carbocycles. The number of thiophene rings is 1. The molecule has 2 aliphatic rings. The second-order valence-electron chi connectivity index (χ2n) is 7.73. The van der Waals surface area contributed by atoms with Crippen LogP contribution in [0.5, 0.6) is 0 Å². The molecule has 2 aromatic rings. The van der Waals surface area contributed by atoms with Gasteiger partial charge in [0.1, 0.15) is 6.04 Å². The van der Waals surface area contributed by atoms with Gasteiger partial charge in [0.25, 0.3) is 5.91 Å². The first kappa shape index (κ1) is 22.0. The van der Waals surface area contributed by atoms with Gasteiger partial charge in [-0.15, -0.1) is 11.3 Å². The zero-order chi connectivity index (χ0) is 23.0. The van der Waals surface area contributed by atoms with E-state index in [1.54, 1.807) is 25.2 Å². The van der Waals surface area contributed by atoms with E-state index in [-0.39, 0.29) is 6.54 Å². The number of benzene rings is 1. The first-order valence-electron chi connectivity index (χ1n) is 10.3. The van der Waals surface area contributed by atoms with Gasteiger partial charge in [-0.1, -0.05) is 18.2 Å². The molecule has 2 saturated heterocycles. The number of carbonyl (C=O) groups is 4. The number of carboxylic acid groups (broad SMARTS) is 1. The van der Waals surface area contributed by atoms with Crippen molar-refractivity contribution in [1.82, 2.24) is 20.2 Å². The largest absolute Gasteiger partial charge is 0.481 e. The quantitative estimate of drug-likeness (QED) is 0.700. The Morgan fingerprint density at radius 2 is 2.03 bits per heavy atom. The number of hydrogen-bond acceptors (Lipinski definition) is 6. The number of fused-ring (bicyclic) bond motifs is 2. The Morgan fingerprint density at radius 1 is 1.28 bits per heavy atom. The molecule has 0 radical (unpaired) electrons. The van der Waals surface area contributed by atoms with Crippen LogP contribution in [-0.4, -0.2) is 75.2 Å². The molecule has 0 bridgehead atoms. The maximum absolute atomic E-state index is 13.4. The standard InChI is InChI=1S/C21H24N4O6S/c1-3-22-21(30)25-19-12(2)23(9-13-11-32-16-7-5-4-6-14(13)16)20(29)15(8-18(27)28)24(19)17(26)10-31-25/h4-7,11-12,15,19H,3,8-10H2,1-2H3,(H,22,30)(H,27,28)/t12-,15-,19-/m0/s1. The van der Waals surface area contributed by atoms with Crippen molar-refractivity contribution in [3.63, 3.8) is 0 Å². The van der Waals surface area contributed by atoms with Gasteiger partial charge in [0.05, 0.1) is 12.5 Å². The third-order valence-electron chi connectivity index (χ3n) is 5.77. The van der Waals surface area contributed by atoms with Crippen molar-refractivity contribution in [1.29, 1.82) is 0 Å². The van der Waals surface area contributed by atoms with Crippen LogP contribution in [-0.2, 0) is 25.8 Å². The molecule has 0 unspecified atom stereocenters. The van der Waals surface area contributed by atoms with E-state index >= 15 is 0 Å². The monoisotopic (exact) mass is 460 g/mol. The highest BCUT2D eigenvalue weighted by molar-refractivity contribution is 7.17. The molecule has 170 valence electrons. The van der Waals surface area contributed by atoms with Crippen LogP contribution < -0.4 is 5.32 Å². The molecule has 3 atom stereocenters. The molecule has 2 aliphatic heterocycles. The van der Waals surface area contributed by atoms with Gasteiger partial charge < -0.3 is 20.2 Å². The van der Waals surface area contributed by atoms with Gasteiger partial charge in [-0.05, 0) is 36.2 Å². The zero-order valence-corrected chi connectivity index (χ0v) is 18.5. The van der Waals surface area contributed by atoms with Crippen LogP contribution in [0.4, 0.5) is 4.79 Å². The second kappa shape index (κ2) is 8.75. The van der Waals surface area contributed by atoms with Gasteiger partial charge in [0.2, 0.25) is 5.91 Å². The summed E-state index contributed by atoms with van der Waals surface area (Å²) in [6.45, 7) is 3.60. The molecule has 0 spiro atoms. The number of rotatable bonds is 5. The Kier molecular flexibility index (Phi) is 6.02. The highest BCUT2D eigenvalue weighted by atomic mass is 32.1. The van der Waals surface area contributed by atoms with E-state index in [4.69, 9.17) is 4.84 Å². The molecule has 2 fully saturated rings. The van der Waals surface area contributed by atoms with Crippen LogP contribution in [0.1, 0.15) is 25.8 Å². The minimum atomic E-state index is -1.23. The molecule has 2 N–H and O–H groups in total. The molecule has 4 rings (SSSR count). The van der Waals surface area contributed by atoms with Crippen LogP contribution in [0.15, 0.2) is 29.6 Å². The predicted molar refractivity (Wildman–Crippen MR) is 115 cm³/mol. The molecule has 1 aromatic carbocycles.